The van der Waals surface area contributed by atoms with Crippen LogP contribution in [-0.4, -0.2) is 44.2 Å². The van der Waals surface area contributed by atoms with Gasteiger partial charge in [0.2, 0.25) is 5.91 Å². The maximum atomic E-state index is 12.3. The van der Waals surface area contributed by atoms with E-state index in [2.05, 4.69) is 20.3 Å². The minimum atomic E-state index is -0.156. The van der Waals surface area contributed by atoms with Gasteiger partial charge in [-0.25, -0.2) is 4.98 Å². The van der Waals surface area contributed by atoms with Gasteiger partial charge in [0.05, 0.1) is 12.6 Å². The molecule has 2 unspecified atom stereocenters. The summed E-state index contributed by atoms with van der Waals surface area (Å²) in [5, 5.41) is 9.66. The van der Waals surface area contributed by atoms with Gasteiger partial charge >= 0.3 is 0 Å². The maximum Gasteiger partial charge on any atom is 0.243 e. The van der Waals surface area contributed by atoms with Gasteiger partial charge in [-0.15, -0.1) is 11.3 Å². The summed E-state index contributed by atoms with van der Waals surface area (Å²) in [5.74, 6) is 0.0114. The molecule has 1 aliphatic rings. The van der Waals surface area contributed by atoms with Crippen LogP contribution < -0.4 is 5.32 Å². The predicted molar refractivity (Wildman–Crippen MR) is 82.2 cm³/mol. The molecule has 0 aliphatic carbocycles. The van der Waals surface area contributed by atoms with Gasteiger partial charge in [0, 0.05) is 30.0 Å². The van der Waals surface area contributed by atoms with E-state index in [1.165, 1.54) is 11.3 Å². The van der Waals surface area contributed by atoms with E-state index in [4.69, 9.17) is 0 Å². The number of nitrogens with zero attached hydrogens (tertiary/aromatic N) is 4. The lowest BCUT2D eigenvalue weighted by molar-refractivity contribution is -0.121. The molecule has 2 aromatic heterocycles. The van der Waals surface area contributed by atoms with Crippen molar-refractivity contribution >= 4 is 22.4 Å². The lowest BCUT2D eigenvalue weighted by Gasteiger charge is -2.29. The van der Waals surface area contributed by atoms with Gasteiger partial charge in [-0.1, -0.05) is 0 Å². The third kappa shape index (κ3) is 3.30. The third-order valence-electron chi connectivity index (χ3n) is 3.92. The average Bonchev–Trinajstić information content (AvgIpc) is 3.20. The van der Waals surface area contributed by atoms with Gasteiger partial charge in [0.15, 0.2) is 5.13 Å². The van der Waals surface area contributed by atoms with Crippen molar-refractivity contribution in [2.75, 3.05) is 11.9 Å². The molecular weight excluding hydrogens is 286 g/mol. The molecule has 0 saturated carbocycles. The number of carbonyl (C=O) groups is 1. The molecule has 2 aromatic rings. The summed E-state index contributed by atoms with van der Waals surface area (Å²) in [6.45, 7) is 3.75. The van der Waals surface area contributed by atoms with E-state index in [-0.39, 0.29) is 11.9 Å². The third-order valence-corrected chi connectivity index (χ3v) is 4.61. The van der Waals surface area contributed by atoms with Gasteiger partial charge in [-0.3, -0.25) is 14.4 Å². The Labute approximate surface area is 127 Å². The minimum absolute atomic E-state index is 0.0114. The summed E-state index contributed by atoms with van der Waals surface area (Å²) < 4.78 is 1.94. The standard InChI is InChI=1S/C14H19N5OS/c1-11(13(20)17-14-15-6-9-21-14)19-8-2-4-12(19)10-18-7-3-5-16-18/h3,5-7,9,11-12H,2,4,8,10H2,1H3,(H,15,17,20). The molecule has 0 aromatic carbocycles. The number of hydrogen-bond donors (Lipinski definition) is 1. The molecule has 7 heteroatoms. The SMILES string of the molecule is CC(C(=O)Nc1nccs1)N1CCCC1Cn1cccn1. The van der Waals surface area contributed by atoms with E-state index in [0.29, 0.717) is 11.2 Å². The molecule has 1 amide bonds. The maximum absolute atomic E-state index is 12.3. The Bertz CT molecular complexity index is 568. The second-order valence-electron chi connectivity index (χ2n) is 5.26. The van der Waals surface area contributed by atoms with E-state index in [0.717, 1.165) is 25.9 Å². The average molecular weight is 305 g/mol. The molecule has 0 radical (unpaired) electrons. The van der Waals surface area contributed by atoms with Crippen LogP contribution in [0.4, 0.5) is 5.13 Å². The normalized spacial score (nSPS) is 20.5. The minimum Gasteiger partial charge on any atom is -0.301 e. The first-order chi connectivity index (χ1) is 10.2. The zero-order valence-corrected chi connectivity index (χ0v) is 12.8. The monoisotopic (exact) mass is 305 g/mol. The zero-order chi connectivity index (χ0) is 14.7. The number of anilines is 1. The molecule has 3 rings (SSSR count). The van der Waals surface area contributed by atoms with Gasteiger partial charge < -0.3 is 5.32 Å². The molecule has 2 atom stereocenters. The van der Waals surface area contributed by atoms with E-state index in [9.17, 15) is 4.79 Å². The predicted octanol–water partition coefficient (Wildman–Crippen LogP) is 1.83. The van der Waals surface area contributed by atoms with Crippen LogP contribution in [-0.2, 0) is 11.3 Å². The lowest BCUT2D eigenvalue weighted by Crippen LogP contribution is -2.46. The molecule has 1 N–H and O–H groups in total. The number of thiazole rings is 1. The van der Waals surface area contributed by atoms with Crippen LogP contribution in [0, 0.1) is 0 Å². The number of nitrogens with one attached hydrogen (secondary N) is 1. The molecule has 6 nitrogen and oxygen atoms in total. The van der Waals surface area contributed by atoms with Crippen molar-refractivity contribution in [3.63, 3.8) is 0 Å². The van der Waals surface area contributed by atoms with Crippen LogP contribution in [0.25, 0.3) is 0 Å². The molecule has 112 valence electrons. The van der Waals surface area contributed by atoms with E-state index in [1.54, 1.807) is 12.4 Å². The van der Waals surface area contributed by atoms with Gasteiger partial charge in [-0.05, 0) is 32.4 Å². The number of amides is 1. The molecular formula is C14H19N5OS. The topological polar surface area (TPSA) is 63.1 Å². The Morgan fingerprint density at radius 2 is 2.48 bits per heavy atom. The summed E-state index contributed by atoms with van der Waals surface area (Å²) in [4.78, 5) is 18.7. The molecule has 3 heterocycles. The summed E-state index contributed by atoms with van der Waals surface area (Å²) in [7, 11) is 0. The van der Waals surface area contributed by atoms with Crippen LogP contribution in [0.5, 0.6) is 0 Å². The summed E-state index contributed by atoms with van der Waals surface area (Å²) in [6.07, 6.45) is 7.69. The Morgan fingerprint density at radius 3 is 3.19 bits per heavy atom. The highest BCUT2D eigenvalue weighted by molar-refractivity contribution is 7.13. The number of rotatable bonds is 5. The summed E-state index contributed by atoms with van der Waals surface area (Å²) >= 11 is 1.44. The Hall–Kier alpha value is -1.73. The van der Waals surface area contributed by atoms with Gasteiger partial charge in [-0.2, -0.15) is 5.10 Å². The molecule has 21 heavy (non-hydrogen) atoms. The molecule has 1 saturated heterocycles. The fraction of sp³-hybridized carbons (Fsp3) is 0.500. The first-order valence-electron chi connectivity index (χ1n) is 7.17. The van der Waals surface area contributed by atoms with Crippen molar-refractivity contribution in [1.82, 2.24) is 19.7 Å². The van der Waals surface area contributed by atoms with Crippen molar-refractivity contribution in [3.8, 4) is 0 Å². The zero-order valence-electron chi connectivity index (χ0n) is 12.0. The first kappa shape index (κ1) is 14.2. The van der Waals surface area contributed by atoms with Crippen molar-refractivity contribution in [3.05, 3.63) is 30.0 Å². The highest BCUT2D eigenvalue weighted by Gasteiger charge is 2.32. The second kappa shape index (κ2) is 6.36. The number of aromatic nitrogens is 3. The molecule has 1 aliphatic heterocycles. The van der Waals surface area contributed by atoms with Crippen molar-refractivity contribution in [2.45, 2.75) is 38.4 Å². The molecule has 0 bridgehead atoms. The van der Waals surface area contributed by atoms with Crippen molar-refractivity contribution in [1.29, 1.82) is 0 Å². The fourth-order valence-corrected chi connectivity index (χ4v) is 3.37. The Balaban J connectivity index is 1.62. The van der Waals surface area contributed by atoms with Crippen LogP contribution in [0.15, 0.2) is 30.0 Å². The number of likely N-dealkylation sites (tertiary alicyclic amines) is 1. The quantitative estimate of drug-likeness (QED) is 0.915. The van der Waals surface area contributed by atoms with Crippen LogP contribution >= 0.6 is 11.3 Å². The molecule has 1 fully saturated rings. The number of carbonyl (C=O) groups excluding carboxylic acids is 1. The number of hydrogen-bond acceptors (Lipinski definition) is 5. The highest BCUT2D eigenvalue weighted by Crippen LogP contribution is 2.22. The van der Waals surface area contributed by atoms with E-state index >= 15 is 0 Å². The van der Waals surface area contributed by atoms with Crippen LogP contribution in [0.3, 0.4) is 0 Å². The Kier molecular flexibility index (Phi) is 4.31. The fourth-order valence-electron chi connectivity index (χ4n) is 2.83. The van der Waals surface area contributed by atoms with Crippen molar-refractivity contribution < 1.29 is 4.79 Å². The van der Waals surface area contributed by atoms with Crippen LogP contribution in [0.2, 0.25) is 0 Å². The first-order valence-corrected chi connectivity index (χ1v) is 8.05. The lowest BCUT2D eigenvalue weighted by atomic mass is 10.2. The van der Waals surface area contributed by atoms with E-state index in [1.807, 2.05) is 29.2 Å². The van der Waals surface area contributed by atoms with Gasteiger partial charge in [0.25, 0.3) is 0 Å². The summed E-state index contributed by atoms with van der Waals surface area (Å²) in [6, 6.07) is 2.14. The van der Waals surface area contributed by atoms with Crippen LogP contribution in [0.1, 0.15) is 19.8 Å². The largest absolute Gasteiger partial charge is 0.301 e. The van der Waals surface area contributed by atoms with E-state index < -0.39 is 0 Å². The highest BCUT2D eigenvalue weighted by atomic mass is 32.1. The van der Waals surface area contributed by atoms with Gasteiger partial charge in [0.1, 0.15) is 0 Å². The smallest absolute Gasteiger partial charge is 0.243 e. The van der Waals surface area contributed by atoms with Crippen molar-refractivity contribution in [2.24, 2.45) is 0 Å². The second-order valence-corrected chi connectivity index (χ2v) is 6.16. The summed E-state index contributed by atoms with van der Waals surface area (Å²) in [5.41, 5.74) is 0. The molecule has 0 spiro atoms. The Morgan fingerprint density at radius 1 is 1.57 bits per heavy atom.